The van der Waals surface area contributed by atoms with Crippen LogP contribution >= 0.6 is 0 Å². The topological polar surface area (TPSA) is 27.6 Å². The molecule has 0 heterocycles. The van der Waals surface area contributed by atoms with E-state index in [1.54, 1.807) is 13.1 Å². The second-order valence-electron chi connectivity index (χ2n) is 5.56. The number of hydrogen-bond acceptors (Lipinski definition) is 3. The summed E-state index contributed by atoms with van der Waals surface area (Å²) in [7, 11) is 3.75. The van der Waals surface area contributed by atoms with Crippen LogP contribution in [-0.2, 0) is 0 Å². The molecule has 21 heavy (non-hydrogen) atoms. The standard InChI is InChI=1S/C16H25F2N3/c1-6-12(2)10-21(5)15-8-7-13(19-4)9-14(15)20-11-16(3,17)18/h7-9,11-12,19H,6,10H2,1-5H3. The van der Waals surface area contributed by atoms with Gasteiger partial charge < -0.3 is 10.2 Å². The fourth-order valence-corrected chi connectivity index (χ4v) is 1.98. The van der Waals surface area contributed by atoms with E-state index in [0.29, 0.717) is 17.8 Å². The molecule has 0 bridgehead atoms. The minimum Gasteiger partial charge on any atom is -0.388 e. The van der Waals surface area contributed by atoms with E-state index < -0.39 is 5.92 Å². The van der Waals surface area contributed by atoms with Gasteiger partial charge in [0, 0.05) is 33.3 Å². The van der Waals surface area contributed by atoms with E-state index in [9.17, 15) is 8.78 Å². The van der Waals surface area contributed by atoms with E-state index in [-0.39, 0.29) is 0 Å². The number of anilines is 2. The van der Waals surface area contributed by atoms with Crippen molar-refractivity contribution < 1.29 is 8.78 Å². The highest BCUT2D eigenvalue weighted by Crippen LogP contribution is 2.32. The Labute approximate surface area is 126 Å². The Morgan fingerprint density at radius 1 is 1.43 bits per heavy atom. The Morgan fingerprint density at radius 3 is 2.62 bits per heavy atom. The Morgan fingerprint density at radius 2 is 2.10 bits per heavy atom. The zero-order chi connectivity index (χ0) is 16.0. The van der Waals surface area contributed by atoms with Crippen molar-refractivity contribution in [2.24, 2.45) is 10.9 Å². The lowest BCUT2D eigenvalue weighted by atomic mass is 10.1. The van der Waals surface area contributed by atoms with Crippen molar-refractivity contribution in [2.75, 3.05) is 30.9 Å². The van der Waals surface area contributed by atoms with Crippen molar-refractivity contribution in [3.63, 3.8) is 0 Å². The van der Waals surface area contributed by atoms with E-state index in [0.717, 1.165) is 31.3 Å². The van der Waals surface area contributed by atoms with E-state index in [2.05, 4.69) is 29.1 Å². The van der Waals surface area contributed by atoms with Crippen LogP contribution in [0.2, 0.25) is 0 Å². The maximum absolute atomic E-state index is 13.0. The number of halogens is 2. The lowest BCUT2D eigenvalue weighted by Gasteiger charge is -2.24. The van der Waals surface area contributed by atoms with Crippen LogP contribution in [0.4, 0.5) is 25.8 Å². The molecular weight excluding hydrogens is 272 g/mol. The molecule has 1 aromatic rings. The average molecular weight is 297 g/mol. The third-order valence-electron chi connectivity index (χ3n) is 3.39. The quantitative estimate of drug-likeness (QED) is 0.747. The average Bonchev–Trinajstić information content (AvgIpc) is 2.43. The van der Waals surface area contributed by atoms with Gasteiger partial charge in [0.05, 0.1) is 17.6 Å². The predicted octanol–water partition coefficient (Wildman–Crippen LogP) is 4.57. The molecule has 1 rings (SSSR count). The van der Waals surface area contributed by atoms with Crippen molar-refractivity contribution in [1.29, 1.82) is 0 Å². The number of alkyl halides is 2. The molecule has 0 aliphatic rings. The maximum Gasteiger partial charge on any atom is 0.280 e. The summed E-state index contributed by atoms with van der Waals surface area (Å²) in [5, 5.41) is 3.00. The van der Waals surface area contributed by atoms with Gasteiger partial charge in [0.25, 0.3) is 5.92 Å². The first-order chi connectivity index (χ1) is 9.76. The van der Waals surface area contributed by atoms with Gasteiger partial charge in [-0.3, -0.25) is 4.99 Å². The lowest BCUT2D eigenvalue weighted by Crippen LogP contribution is -2.23. The van der Waals surface area contributed by atoms with Gasteiger partial charge in [-0.05, 0) is 24.1 Å². The van der Waals surface area contributed by atoms with Crippen LogP contribution in [0.15, 0.2) is 23.2 Å². The highest BCUT2D eigenvalue weighted by molar-refractivity contribution is 5.78. The largest absolute Gasteiger partial charge is 0.388 e. The van der Waals surface area contributed by atoms with Crippen LogP contribution < -0.4 is 10.2 Å². The van der Waals surface area contributed by atoms with Crippen LogP contribution in [0.3, 0.4) is 0 Å². The molecule has 5 heteroatoms. The lowest BCUT2D eigenvalue weighted by molar-refractivity contribution is 0.106. The molecule has 0 saturated heterocycles. The van der Waals surface area contributed by atoms with Crippen LogP contribution in [0, 0.1) is 5.92 Å². The second kappa shape index (κ2) is 7.38. The molecule has 1 N–H and O–H groups in total. The SMILES string of the molecule is CCC(C)CN(C)c1ccc(NC)cc1N=CC(C)(F)F. The van der Waals surface area contributed by atoms with Crippen molar-refractivity contribution in [3.05, 3.63) is 18.2 Å². The molecule has 1 atom stereocenters. The summed E-state index contributed by atoms with van der Waals surface area (Å²) in [6, 6.07) is 5.62. The zero-order valence-corrected chi connectivity index (χ0v) is 13.5. The number of hydrogen-bond donors (Lipinski definition) is 1. The van der Waals surface area contributed by atoms with Crippen molar-refractivity contribution >= 4 is 23.3 Å². The summed E-state index contributed by atoms with van der Waals surface area (Å²) >= 11 is 0. The molecular formula is C16H25F2N3. The number of aliphatic imine (C=N–C) groups is 1. The fourth-order valence-electron chi connectivity index (χ4n) is 1.98. The van der Waals surface area contributed by atoms with E-state index >= 15 is 0 Å². The van der Waals surface area contributed by atoms with Crippen molar-refractivity contribution in [2.45, 2.75) is 33.1 Å². The molecule has 0 aliphatic carbocycles. The van der Waals surface area contributed by atoms with Gasteiger partial charge in [-0.2, -0.15) is 0 Å². The summed E-state index contributed by atoms with van der Waals surface area (Å²) in [6.45, 7) is 6.00. The number of nitrogens with zero attached hydrogens (tertiary/aromatic N) is 2. The first-order valence-electron chi connectivity index (χ1n) is 7.22. The highest BCUT2D eigenvalue weighted by Gasteiger charge is 2.18. The summed E-state index contributed by atoms with van der Waals surface area (Å²) < 4.78 is 26.0. The van der Waals surface area contributed by atoms with Gasteiger partial charge in [0.2, 0.25) is 0 Å². The summed E-state index contributed by atoms with van der Waals surface area (Å²) in [5.41, 5.74) is 2.26. The maximum atomic E-state index is 13.0. The molecule has 0 spiro atoms. The molecule has 3 nitrogen and oxygen atoms in total. The van der Waals surface area contributed by atoms with E-state index in [1.807, 2.05) is 19.2 Å². The second-order valence-corrected chi connectivity index (χ2v) is 5.56. The van der Waals surface area contributed by atoms with Crippen LogP contribution in [0.5, 0.6) is 0 Å². The molecule has 118 valence electrons. The number of benzene rings is 1. The monoisotopic (exact) mass is 297 g/mol. The minimum absolute atomic E-state index is 0.531. The summed E-state index contributed by atoms with van der Waals surface area (Å²) in [4.78, 5) is 6.05. The van der Waals surface area contributed by atoms with Crippen LogP contribution in [0.25, 0.3) is 0 Å². The highest BCUT2D eigenvalue weighted by atomic mass is 19.3. The van der Waals surface area contributed by atoms with Gasteiger partial charge >= 0.3 is 0 Å². The van der Waals surface area contributed by atoms with Crippen molar-refractivity contribution in [3.8, 4) is 0 Å². The Kier molecular flexibility index (Phi) is 6.12. The van der Waals surface area contributed by atoms with E-state index in [1.165, 1.54) is 0 Å². The molecule has 0 aliphatic heterocycles. The molecule has 0 saturated carbocycles. The molecule has 0 radical (unpaired) electrons. The van der Waals surface area contributed by atoms with Gasteiger partial charge in [-0.15, -0.1) is 0 Å². The Bertz CT molecular complexity index is 481. The smallest absolute Gasteiger partial charge is 0.280 e. The number of rotatable bonds is 7. The van der Waals surface area contributed by atoms with Crippen LogP contribution in [0.1, 0.15) is 27.2 Å². The van der Waals surface area contributed by atoms with Gasteiger partial charge in [0.1, 0.15) is 0 Å². The molecule has 1 aromatic carbocycles. The molecule has 0 fully saturated rings. The van der Waals surface area contributed by atoms with E-state index in [4.69, 9.17) is 0 Å². The van der Waals surface area contributed by atoms with Gasteiger partial charge in [-0.1, -0.05) is 20.3 Å². The van der Waals surface area contributed by atoms with Gasteiger partial charge in [0.15, 0.2) is 0 Å². The normalized spacial score (nSPS) is 13.5. The minimum atomic E-state index is -2.91. The third kappa shape index (κ3) is 5.69. The zero-order valence-electron chi connectivity index (χ0n) is 13.5. The molecule has 0 amide bonds. The molecule has 1 unspecified atom stereocenters. The summed E-state index contributed by atoms with van der Waals surface area (Å²) in [5.74, 6) is -2.38. The Hall–Kier alpha value is -1.65. The van der Waals surface area contributed by atoms with Gasteiger partial charge in [-0.25, -0.2) is 8.78 Å². The first-order valence-corrected chi connectivity index (χ1v) is 7.22. The third-order valence-corrected chi connectivity index (χ3v) is 3.39. The predicted molar refractivity (Wildman–Crippen MR) is 87.5 cm³/mol. The van der Waals surface area contributed by atoms with Crippen molar-refractivity contribution in [1.82, 2.24) is 0 Å². The Balaban J connectivity index is 3.09. The fraction of sp³-hybridized carbons (Fsp3) is 0.562. The number of nitrogens with one attached hydrogen (secondary N) is 1. The summed E-state index contributed by atoms with van der Waals surface area (Å²) in [6.07, 6.45) is 1.77. The van der Waals surface area contributed by atoms with Crippen LogP contribution in [-0.4, -0.2) is 32.8 Å². The molecule has 0 aromatic heterocycles. The first kappa shape index (κ1) is 17.4.